The monoisotopic (exact) mass is 292 g/mol. The molecule has 0 aliphatic carbocycles. The number of carbonyl (C=O) groups is 1. The van der Waals surface area contributed by atoms with Crippen LogP contribution in [0.2, 0.25) is 0 Å². The SMILES string of the molecule is COC(=O)C(CNCCN1CCOCC1)c1ccccc1. The van der Waals surface area contributed by atoms with Crippen molar-refractivity contribution >= 4 is 5.97 Å². The molecular formula is C16H24N2O3. The van der Waals surface area contributed by atoms with Crippen LogP contribution in [0, 0.1) is 0 Å². The van der Waals surface area contributed by atoms with Crippen molar-refractivity contribution in [3.05, 3.63) is 35.9 Å². The van der Waals surface area contributed by atoms with E-state index in [9.17, 15) is 4.79 Å². The normalized spacial score (nSPS) is 17.4. The highest BCUT2D eigenvalue weighted by Crippen LogP contribution is 2.16. The summed E-state index contributed by atoms with van der Waals surface area (Å²) in [4.78, 5) is 14.3. The molecule has 1 heterocycles. The molecule has 1 unspecified atom stereocenters. The van der Waals surface area contributed by atoms with Crippen molar-refractivity contribution in [2.45, 2.75) is 5.92 Å². The molecular weight excluding hydrogens is 268 g/mol. The molecule has 1 atom stereocenters. The lowest BCUT2D eigenvalue weighted by Gasteiger charge is -2.26. The Hall–Kier alpha value is -1.43. The average molecular weight is 292 g/mol. The van der Waals surface area contributed by atoms with Crippen LogP contribution in [-0.4, -0.2) is 63.9 Å². The summed E-state index contributed by atoms with van der Waals surface area (Å²) >= 11 is 0. The van der Waals surface area contributed by atoms with Gasteiger partial charge in [-0.05, 0) is 5.56 Å². The van der Waals surface area contributed by atoms with E-state index in [4.69, 9.17) is 9.47 Å². The van der Waals surface area contributed by atoms with Crippen LogP contribution in [-0.2, 0) is 14.3 Å². The Balaban J connectivity index is 1.78. The Morgan fingerprint density at radius 1 is 1.33 bits per heavy atom. The van der Waals surface area contributed by atoms with Crippen LogP contribution in [0.15, 0.2) is 30.3 Å². The van der Waals surface area contributed by atoms with Gasteiger partial charge >= 0.3 is 5.97 Å². The largest absolute Gasteiger partial charge is 0.469 e. The van der Waals surface area contributed by atoms with E-state index in [0.29, 0.717) is 6.54 Å². The van der Waals surface area contributed by atoms with E-state index < -0.39 is 0 Å². The maximum Gasteiger partial charge on any atom is 0.314 e. The summed E-state index contributed by atoms with van der Waals surface area (Å²) in [5, 5.41) is 3.36. The van der Waals surface area contributed by atoms with Gasteiger partial charge in [-0.15, -0.1) is 0 Å². The highest BCUT2D eigenvalue weighted by Gasteiger charge is 2.20. The Bertz CT molecular complexity index is 419. The Kier molecular flexibility index (Phi) is 6.66. The van der Waals surface area contributed by atoms with Crippen LogP contribution in [0.1, 0.15) is 11.5 Å². The molecule has 0 radical (unpaired) electrons. The lowest BCUT2D eigenvalue weighted by atomic mass is 9.99. The predicted octanol–water partition coefficient (Wildman–Crippen LogP) is 0.865. The molecule has 0 bridgehead atoms. The number of morpholine rings is 1. The minimum absolute atomic E-state index is 0.194. The quantitative estimate of drug-likeness (QED) is 0.597. The van der Waals surface area contributed by atoms with Crippen LogP contribution in [0.3, 0.4) is 0 Å². The van der Waals surface area contributed by atoms with E-state index in [2.05, 4.69) is 10.2 Å². The minimum atomic E-state index is -0.249. The fourth-order valence-electron chi connectivity index (χ4n) is 2.47. The van der Waals surface area contributed by atoms with Gasteiger partial charge in [-0.25, -0.2) is 0 Å². The van der Waals surface area contributed by atoms with Gasteiger partial charge in [-0.1, -0.05) is 30.3 Å². The fraction of sp³-hybridized carbons (Fsp3) is 0.562. The smallest absolute Gasteiger partial charge is 0.314 e. The molecule has 0 spiro atoms. The summed E-state index contributed by atoms with van der Waals surface area (Å²) in [5.41, 5.74) is 0.989. The van der Waals surface area contributed by atoms with Gasteiger partial charge in [0.15, 0.2) is 0 Å². The van der Waals surface area contributed by atoms with E-state index in [-0.39, 0.29) is 11.9 Å². The summed E-state index contributed by atoms with van der Waals surface area (Å²) < 4.78 is 10.2. The van der Waals surface area contributed by atoms with Crippen LogP contribution in [0.25, 0.3) is 0 Å². The van der Waals surface area contributed by atoms with Crippen LogP contribution < -0.4 is 5.32 Å². The van der Waals surface area contributed by atoms with Crippen molar-refractivity contribution in [3.63, 3.8) is 0 Å². The first kappa shape index (κ1) is 15.9. The molecule has 1 aromatic rings. The lowest BCUT2D eigenvalue weighted by molar-refractivity contribution is -0.142. The molecule has 5 heteroatoms. The maximum absolute atomic E-state index is 11.9. The zero-order valence-electron chi connectivity index (χ0n) is 12.6. The van der Waals surface area contributed by atoms with Gasteiger partial charge < -0.3 is 14.8 Å². The molecule has 5 nitrogen and oxygen atoms in total. The molecule has 1 fully saturated rings. The van der Waals surface area contributed by atoms with Crippen molar-refractivity contribution in [1.82, 2.24) is 10.2 Å². The predicted molar refractivity (Wildman–Crippen MR) is 81.3 cm³/mol. The average Bonchev–Trinajstić information content (AvgIpc) is 2.56. The van der Waals surface area contributed by atoms with Gasteiger partial charge in [0.1, 0.15) is 0 Å². The number of esters is 1. The summed E-state index contributed by atoms with van der Waals surface area (Å²) in [5.74, 6) is -0.444. The maximum atomic E-state index is 11.9. The standard InChI is InChI=1S/C16H24N2O3/c1-20-16(19)15(14-5-3-2-4-6-14)13-17-7-8-18-9-11-21-12-10-18/h2-6,15,17H,7-13H2,1H3. The highest BCUT2D eigenvalue weighted by molar-refractivity contribution is 5.78. The number of hydrogen-bond acceptors (Lipinski definition) is 5. The third kappa shape index (κ3) is 5.12. The number of nitrogens with one attached hydrogen (secondary N) is 1. The van der Waals surface area contributed by atoms with Gasteiger partial charge in [-0.2, -0.15) is 0 Å². The molecule has 1 aromatic carbocycles. The number of hydrogen-bond donors (Lipinski definition) is 1. The van der Waals surface area contributed by atoms with Gasteiger partial charge in [0.05, 0.1) is 26.2 Å². The minimum Gasteiger partial charge on any atom is -0.469 e. The van der Waals surface area contributed by atoms with E-state index in [0.717, 1.165) is 45.0 Å². The van der Waals surface area contributed by atoms with Crippen molar-refractivity contribution < 1.29 is 14.3 Å². The number of methoxy groups -OCH3 is 1. The number of nitrogens with zero attached hydrogens (tertiary/aromatic N) is 1. The number of benzene rings is 1. The van der Waals surface area contributed by atoms with Crippen molar-refractivity contribution in [2.75, 3.05) is 53.0 Å². The summed E-state index contributed by atoms with van der Waals surface area (Å²) in [6, 6.07) is 9.76. The van der Waals surface area contributed by atoms with E-state index in [1.807, 2.05) is 30.3 Å². The van der Waals surface area contributed by atoms with Gasteiger partial charge in [0, 0.05) is 32.7 Å². The van der Waals surface area contributed by atoms with Crippen LogP contribution in [0.5, 0.6) is 0 Å². The van der Waals surface area contributed by atoms with Gasteiger partial charge in [0.2, 0.25) is 0 Å². The van der Waals surface area contributed by atoms with E-state index in [1.165, 1.54) is 7.11 Å². The first-order chi connectivity index (χ1) is 10.3. The molecule has 1 N–H and O–H groups in total. The first-order valence-corrected chi connectivity index (χ1v) is 7.45. The Morgan fingerprint density at radius 3 is 2.71 bits per heavy atom. The topological polar surface area (TPSA) is 50.8 Å². The van der Waals surface area contributed by atoms with E-state index >= 15 is 0 Å². The molecule has 1 aliphatic heterocycles. The number of ether oxygens (including phenoxy) is 2. The molecule has 0 amide bonds. The molecule has 1 saturated heterocycles. The summed E-state index contributed by atoms with van der Waals surface area (Å²) in [6.07, 6.45) is 0. The molecule has 116 valence electrons. The Morgan fingerprint density at radius 2 is 2.05 bits per heavy atom. The van der Waals surface area contributed by atoms with Crippen molar-refractivity contribution in [3.8, 4) is 0 Å². The molecule has 21 heavy (non-hydrogen) atoms. The van der Waals surface area contributed by atoms with Crippen molar-refractivity contribution in [2.24, 2.45) is 0 Å². The van der Waals surface area contributed by atoms with Gasteiger partial charge in [-0.3, -0.25) is 9.69 Å². The molecule has 0 saturated carbocycles. The third-order valence-corrected chi connectivity index (χ3v) is 3.74. The second-order valence-corrected chi connectivity index (χ2v) is 5.14. The third-order valence-electron chi connectivity index (χ3n) is 3.74. The zero-order valence-corrected chi connectivity index (χ0v) is 12.6. The highest BCUT2D eigenvalue weighted by atomic mass is 16.5. The molecule has 2 rings (SSSR count). The van der Waals surface area contributed by atoms with Gasteiger partial charge in [0.25, 0.3) is 0 Å². The second kappa shape index (κ2) is 8.77. The van der Waals surface area contributed by atoms with E-state index in [1.54, 1.807) is 0 Å². The fourth-order valence-corrected chi connectivity index (χ4v) is 2.47. The number of carbonyl (C=O) groups excluding carboxylic acids is 1. The lowest BCUT2D eigenvalue weighted by Crippen LogP contribution is -2.41. The first-order valence-electron chi connectivity index (χ1n) is 7.45. The summed E-state index contributed by atoms with van der Waals surface area (Å²) in [6.45, 7) is 6.04. The van der Waals surface area contributed by atoms with Crippen LogP contribution >= 0.6 is 0 Å². The molecule has 0 aromatic heterocycles. The Labute approximate surface area is 126 Å². The zero-order chi connectivity index (χ0) is 14.9. The summed E-state index contributed by atoms with van der Waals surface area (Å²) in [7, 11) is 1.44. The van der Waals surface area contributed by atoms with Crippen molar-refractivity contribution in [1.29, 1.82) is 0 Å². The number of rotatable bonds is 7. The molecule has 1 aliphatic rings. The second-order valence-electron chi connectivity index (χ2n) is 5.14. The van der Waals surface area contributed by atoms with Crippen LogP contribution in [0.4, 0.5) is 0 Å².